The van der Waals surface area contributed by atoms with Gasteiger partial charge in [0.15, 0.2) is 0 Å². The molecule has 0 saturated heterocycles. The zero-order valence-electron chi connectivity index (χ0n) is 13.1. The maximum absolute atomic E-state index is 13.6. The van der Waals surface area contributed by atoms with Crippen molar-refractivity contribution < 1.29 is 14.0 Å². The number of benzene rings is 2. The van der Waals surface area contributed by atoms with Crippen molar-refractivity contribution in [1.82, 2.24) is 4.57 Å². The molecule has 6 heteroatoms. The lowest BCUT2D eigenvalue weighted by Gasteiger charge is -2.06. The number of nitrogens with zero attached hydrogens (tertiary/aromatic N) is 1. The van der Waals surface area contributed by atoms with E-state index in [9.17, 15) is 14.0 Å². The smallest absolute Gasteiger partial charge is 0.257 e. The number of carbonyl (C=O) groups is 2. The third-order valence-corrected chi connectivity index (χ3v) is 4.66. The number of rotatable bonds is 2. The molecule has 0 aliphatic carbocycles. The molecule has 0 aliphatic heterocycles. The lowest BCUT2D eigenvalue weighted by Crippen LogP contribution is -2.12. The molecular formula is C18H14BrFN2O2. The average molecular weight is 389 g/mol. The fourth-order valence-corrected chi connectivity index (χ4v) is 2.81. The van der Waals surface area contributed by atoms with Crippen molar-refractivity contribution in [2.75, 3.05) is 5.32 Å². The molecule has 24 heavy (non-hydrogen) atoms. The van der Waals surface area contributed by atoms with Crippen LogP contribution in [-0.2, 0) is 0 Å². The van der Waals surface area contributed by atoms with Crippen LogP contribution in [0.3, 0.4) is 0 Å². The summed E-state index contributed by atoms with van der Waals surface area (Å²) >= 11 is 3.41. The van der Waals surface area contributed by atoms with Crippen LogP contribution in [-0.4, -0.2) is 16.4 Å². The highest BCUT2D eigenvalue weighted by Crippen LogP contribution is 2.25. The van der Waals surface area contributed by atoms with Gasteiger partial charge in [-0.3, -0.25) is 14.2 Å². The van der Waals surface area contributed by atoms with Crippen molar-refractivity contribution in [2.24, 2.45) is 0 Å². The molecule has 4 nitrogen and oxygen atoms in total. The van der Waals surface area contributed by atoms with Gasteiger partial charge >= 0.3 is 0 Å². The van der Waals surface area contributed by atoms with Gasteiger partial charge in [-0.25, -0.2) is 4.39 Å². The Morgan fingerprint density at radius 3 is 2.58 bits per heavy atom. The molecule has 0 fully saturated rings. The summed E-state index contributed by atoms with van der Waals surface area (Å²) in [6.45, 7) is 3.30. The van der Waals surface area contributed by atoms with Crippen molar-refractivity contribution in [3.05, 3.63) is 64.0 Å². The van der Waals surface area contributed by atoms with Crippen LogP contribution < -0.4 is 5.32 Å². The van der Waals surface area contributed by atoms with Crippen LogP contribution in [0, 0.1) is 12.7 Å². The molecule has 0 atom stereocenters. The first-order valence-corrected chi connectivity index (χ1v) is 8.05. The predicted molar refractivity (Wildman–Crippen MR) is 95.0 cm³/mol. The van der Waals surface area contributed by atoms with Crippen LogP contribution in [0.5, 0.6) is 0 Å². The Labute approximate surface area is 146 Å². The third kappa shape index (κ3) is 2.97. The number of aromatic nitrogens is 1. The number of hydrogen-bond acceptors (Lipinski definition) is 2. The van der Waals surface area contributed by atoms with E-state index in [0.717, 1.165) is 10.0 Å². The molecule has 3 rings (SSSR count). The molecule has 122 valence electrons. The topological polar surface area (TPSA) is 51.1 Å². The van der Waals surface area contributed by atoms with E-state index in [0.29, 0.717) is 16.6 Å². The Kier molecular flexibility index (Phi) is 4.24. The summed E-state index contributed by atoms with van der Waals surface area (Å²) in [7, 11) is 0. The van der Waals surface area contributed by atoms with Gasteiger partial charge in [-0.1, -0.05) is 15.9 Å². The Morgan fingerprint density at radius 2 is 1.92 bits per heavy atom. The number of hydrogen-bond donors (Lipinski definition) is 1. The van der Waals surface area contributed by atoms with E-state index in [2.05, 4.69) is 21.2 Å². The van der Waals surface area contributed by atoms with Crippen LogP contribution >= 0.6 is 15.9 Å². The molecule has 1 amide bonds. The normalized spacial score (nSPS) is 10.8. The van der Waals surface area contributed by atoms with Gasteiger partial charge in [0.25, 0.3) is 5.91 Å². The molecule has 1 heterocycles. The maximum Gasteiger partial charge on any atom is 0.257 e. The summed E-state index contributed by atoms with van der Waals surface area (Å²) in [5.74, 6) is -1.10. The molecule has 0 spiro atoms. The van der Waals surface area contributed by atoms with Gasteiger partial charge in [0.2, 0.25) is 5.91 Å². The summed E-state index contributed by atoms with van der Waals surface area (Å²) in [5.41, 5.74) is 2.35. The van der Waals surface area contributed by atoms with E-state index in [4.69, 9.17) is 0 Å². The van der Waals surface area contributed by atoms with Crippen LogP contribution in [0.1, 0.15) is 27.6 Å². The fourth-order valence-electron chi connectivity index (χ4n) is 2.56. The molecule has 0 bridgehead atoms. The first-order chi connectivity index (χ1) is 11.4. The van der Waals surface area contributed by atoms with Crippen molar-refractivity contribution in [1.29, 1.82) is 0 Å². The third-order valence-electron chi connectivity index (χ3n) is 3.77. The summed E-state index contributed by atoms with van der Waals surface area (Å²) in [6.07, 6.45) is 1.44. The minimum Gasteiger partial charge on any atom is -0.322 e. The molecule has 0 radical (unpaired) electrons. The quantitative estimate of drug-likeness (QED) is 0.687. The highest BCUT2D eigenvalue weighted by molar-refractivity contribution is 9.10. The van der Waals surface area contributed by atoms with Gasteiger partial charge in [-0.05, 0) is 48.9 Å². The second-order valence-electron chi connectivity index (χ2n) is 5.51. The Morgan fingerprint density at radius 1 is 1.17 bits per heavy atom. The van der Waals surface area contributed by atoms with Crippen molar-refractivity contribution in [2.45, 2.75) is 13.8 Å². The Hall–Kier alpha value is -2.47. The second-order valence-corrected chi connectivity index (χ2v) is 6.37. The number of anilines is 1. The minimum atomic E-state index is -0.461. The largest absolute Gasteiger partial charge is 0.322 e. The van der Waals surface area contributed by atoms with Gasteiger partial charge in [-0.15, -0.1) is 0 Å². The number of nitrogens with one attached hydrogen (secondary N) is 1. The van der Waals surface area contributed by atoms with Gasteiger partial charge in [-0.2, -0.15) is 0 Å². The van der Waals surface area contributed by atoms with Crippen molar-refractivity contribution >= 4 is 44.3 Å². The van der Waals surface area contributed by atoms with Gasteiger partial charge in [0.05, 0.1) is 11.1 Å². The highest BCUT2D eigenvalue weighted by Gasteiger charge is 2.17. The van der Waals surface area contributed by atoms with E-state index >= 15 is 0 Å². The molecule has 0 aliphatic rings. The second kappa shape index (κ2) is 6.20. The molecule has 3 aromatic rings. The first-order valence-electron chi connectivity index (χ1n) is 7.26. The minimum absolute atomic E-state index is 0.245. The predicted octanol–water partition coefficient (Wildman–Crippen LogP) is 4.76. The summed E-state index contributed by atoms with van der Waals surface area (Å²) in [6, 6.07) is 9.45. The number of halogens is 2. The van der Waals surface area contributed by atoms with Gasteiger partial charge < -0.3 is 5.32 Å². The highest BCUT2D eigenvalue weighted by atomic mass is 79.9. The summed E-state index contributed by atoms with van der Waals surface area (Å²) < 4.78 is 15.9. The first kappa shape index (κ1) is 16.4. The number of amides is 1. The number of aryl methyl sites for hydroxylation is 1. The molecular weight excluding hydrogens is 375 g/mol. The van der Waals surface area contributed by atoms with Crippen molar-refractivity contribution in [3.8, 4) is 0 Å². The zero-order chi connectivity index (χ0) is 17.4. The Balaban J connectivity index is 2.04. The monoisotopic (exact) mass is 388 g/mol. The molecule has 0 saturated carbocycles. The van der Waals surface area contributed by atoms with Crippen LogP contribution in [0.15, 0.2) is 47.1 Å². The van der Waals surface area contributed by atoms with Crippen LogP contribution in [0.2, 0.25) is 0 Å². The van der Waals surface area contributed by atoms with Crippen LogP contribution in [0.25, 0.3) is 10.9 Å². The lowest BCUT2D eigenvalue weighted by molar-refractivity contribution is 0.0941. The molecule has 1 aromatic heterocycles. The lowest BCUT2D eigenvalue weighted by atomic mass is 10.1. The van der Waals surface area contributed by atoms with E-state index < -0.39 is 11.7 Å². The van der Waals surface area contributed by atoms with E-state index in [1.807, 2.05) is 19.1 Å². The van der Waals surface area contributed by atoms with Crippen molar-refractivity contribution in [3.63, 3.8) is 0 Å². The van der Waals surface area contributed by atoms with E-state index in [1.165, 1.54) is 35.9 Å². The number of fused-ring (bicyclic) bond motifs is 1. The van der Waals surface area contributed by atoms with Gasteiger partial charge in [0, 0.05) is 28.7 Å². The number of carbonyl (C=O) groups excluding carboxylic acids is 2. The van der Waals surface area contributed by atoms with E-state index in [-0.39, 0.29) is 11.5 Å². The van der Waals surface area contributed by atoms with Crippen LogP contribution in [0.4, 0.5) is 10.1 Å². The summed E-state index contributed by atoms with van der Waals surface area (Å²) in [4.78, 5) is 24.4. The fraction of sp³-hybridized carbons (Fsp3) is 0.111. The Bertz CT molecular complexity index is 979. The standard InChI is InChI=1S/C18H14BrFN2O2/c1-10-7-13(4-5-16(10)19)21-18(24)15-9-22(11(2)23)17-6-3-12(20)8-14(15)17/h3-9H,1-2H3,(H,21,24). The SMILES string of the molecule is CC(=O)n1cc(C(=O)Nc2ccc(Br)c(C)c2)c2cc(F)ccc21. The van der Waals surface area contributed by atoms with Gasteiger partial charge in [0.1, 0.15) is 5.82 Å². The summed E-state index contributed by atoms with van der Waals surface area (Å²) in [5, 5.41) is 3.18. The van der Waals surface area contributed by atoms with E-state index in [1.54, 1.807) is 6.07 Å². The molecule has 2 aromatic carbocycles. The average Bonchev–Trinajstić information content (AvgIpc) is 2.90. The zero-order valence-corrected chi connectivity index (χ0v) is 14.6. The maximum atomic E-state index is 13.6. The molecule has 1 N–H and O–H groups in total. The molecule has 0 unspecified atom stereocenters.